The number of aromatic nitrogens is 2. The lowest BCUT2D eigenvalue weighted by molar-refractivity contribution is -0.120. The minimum atomic E-state index is -0.299. The summed E-state index contributed by atoms with van der Waals surface area (Å²) in [6.45, 7) is 2.10. The van der Waals surface area contributed by atoms with Crippen LogP contribution in [-0.2, 0) is 16.1 Å². The van der Waals surface area contributed by atoms with E-state index in [1.54, 1.807) is 7.11 Å². The van der Waals surface area contributed by atoms with Gasteiger partial charge in [0.05, 0.1) is 17.6 Å². The molecule has 0 aliphatic heterocycles. The Morgan fingerprint density at radius 2 is 2.29 bits per heavy atom. The van der Waals surface area contributed by atoms with Gasteiger partial charge in [0, 0.05) is 19.2 Å². The van der Waals surface area contributed by atoms with Gasteiger partial charge in [0.1, 0.15) is 0 Å². The Balaban J connectivity index is 1.96. The van der Waals surface area contributed by atoms with Gasteiger partial charge in [-0.3, -0.25) is 9.59 Å². The van der Waals surface area contributed by atoms with Crippen LogP contribution >= 0.6 is 11.8 Å². The first-order valence-corrected chi connectivity index (χ1v) is 8.02. The molecule has 2 N–H and O–H groups in total. The molecule has 1 aliphatic carbocycles. The molecule has 0 saturated heterocycles. The standard InChI is InChI=1S/C14H21N3O3S/c1-9(13(19)15-10-5-3-4-6-10)21-14-16-11(8-20-2)7-12(18)17-14/h7,9-10H,3-6,8H2,1-2H3,(H,15,19)(H,16,17,18). The van der Waals surface area contributed by atoms with E-state index in [2.05, 4.69) is 15.3 Å². The van der Waals surface area contributed by atoms with Crippen molar-refractivity contribution in [1.82, 2.24) is 15.3 Å². The van der Waals surface area contributed by atoms with Crippen LogP contribution in [0.2, 0.25) is 0 Å². The first-order chi connectivity index (χ1) is 10.1. The number of carbonyl (C=O) groups excluding carboxylic acids is 1. The highest BCUT2D eigenvalue weighted by molar-refractivity contribution is 8.00. The number of aromatic amines is 1. The van der Waals surface area contributed by atoms with Crippen molar-refractivity contribution < 1.29 is 9.53 Å². The minimum Gasteiger partial charge on any atom is -0.378 e. The van der Waals surface area contributed by atoms with Crippen LogP contribution in [-0.4, -0.2) is 34.3 Å². The summed E-state index contributed by atoms with van der Waals surface area (Å²) in [4.78, 5) is 30.6. The van der Waals surface area contributed by atoms with Crippen LogP contribution in [0, 0.1) is 0 Å². The fraction of sp³-hybridized carbons (Fsp3) is 0.643. The van der Waals surface area contributed by atoms with Crippen LogP contribution in [0.5, 0.6) is 0 Å². The number of hydrogen-bond acceptors (Lipinski definition) is 5. The smallest absolute Gasteiger partial charge is 0.251 e. The van der Waals surface area contributed by atoms with Crippen LogP contribution in [0.3, 0.4) is 0 Å². The van der Waals surface area contributed by atoms with Crippen molar-refractivity contribution in [2.24, 2.45) is 0 Å². The number of hydrogen-bond donors (Lipinski definition) is 2. The fourth-order valence-corrected chi connectivity index (χ4v) is 3.21. The number of thioether (sulfide) groups is 1. The molecule has 1 aliphatic rings. The monoisotopic (exact) mass is 311 g/mol. The maximum absolute atomic E-state index is 12.1. The highest BCUT2D eigenvalue weighted by atomic mass is 32.2. The van der Waals surface area contributed by atoms with Crippen molar-refractivity contribution >= 4 is 17.7 Å². The fourth-order valence-electron chi connectivity index (χ4n) is 2.37. The normalized spacial score (nSPS) is 16.9. The molecule has 7 heteroatoms. The minimum absolute atomic E-state index is 0.00769. The third-order valence-corrected chi connectivity index (χ3v) is 4.41. The second-order valence-electron chi connectivity index (χ2n) is 5.22. The van der Waals surface area contributed by atoms with E-state index in [1.807, 2.05) is 6.92 Å². The summed E-state index contributed by atoms with van der Waals surface area (Å²) in [5.74, 6) is -0.00769. The van der Waals surface area contributed by atoms with E-state index in [9.17, 15) is 9.59 Å². The van der Waals surface area contributed by atoms with Gasteiger partial charge in [-0.25, -0.2) is 4.98 Å². The van der Waals surface area contributed by atoms with E-state index in [1.165, 1.54) is 30.7 Å². The molecule has 1 fully saturated rings. The van der Waals surface area contributed by atoms with Crippen molar-refractivity contribution in [2.45, 2.75) is 55.7 Å². The molecule has 1 atom stereocenters. The molecule has 21 heavy (non-hydrogen) atoms. The highest BCUT2D eigenvalue weighted by Crippen LogP contribution is 2.21. The molecule has 1 aromatic heterocycles. The largest absolute Gasteiger partial charge is 0.378 e. The molecule has 1 heterocycles. The molecule has 0 spiro atoms. The number of methoxy groups -OCH3 is 1. The maximum atomic E-state index is 12.1. The Labute approximate surface area is 128 Å². The topological polar surface area (TPSA) is 84.1 Å². The Kier molecular flexibility index (Phi) is 5.81. The highest BCUT2D eigenvalue weighted by Gasteiger charge is 2.22. The van der Waals surface area contributed by atoms with Crippen molar-refractivity contribution in [3.63, 3.8) is 0 Å². The molecule has 1 aromatic rings. The lowest BCUT2D eigenvalue weighted by atomic mass is 10.2. The van der Waals surface area contributed by atoms with Crippen molar-refractivity contribution in [3.05, 3.63) is 22.1 Å². The number of H-pyrrole nitrogens is 1. The van der Waals surface area contributed by atoms with E-state index in [4.69, 9.17) is 4.74 Å². The molecular formula is C14H21N3O3S. The van der Waals surface area contributed by atoms with Crippen LogP contribution in [0.1, 0.15) is 38.3 Å². The SMILES string of the molecule is COCc1cc(=O)[nH]c(SC(C)C(=O)NC2CCCC2)n1. The second kappa shape index (κ2) is 7.61. The van der Waals surface area contributed by atoms with Crippen molar-refractivity contribution in [3.8, 4) is 0 Å². The number of carbonyl (C=O) groups is 1. The van der Waals surface area contributed by atoms with E-state index in [0.717, 1.165) is 12.8 Å². The molecule has 1 amide bonds. The Morgan fingerprint density at radius 3 is 2.95 bits per heavy atom. The van der Waals surface area contributed by atoms with Gasteiger partial charge < -0.3 is 15.0 Å². The second-order valence-corrected chi connectivity index (χ2v) is 6.55. The Bertz CT molecular complexity index is 541. The summed E-state index contributed by atoms with van der Waals surface area (Å²) >= 11 is 1.25. The van der Waals surface area contributed by atoms with Gasteiger partial charge in [-0.2, -0.15) is 0 Å². The van der Waals surface area contributed by atoms with Crippen LogP contribution in [0.25, 0.3) is 0 Å². The Hall–Kier alpha value is -1.34. The molecule has 6 nitrogen and oxygen atoms in total. The van der Waals surface area contributed by atoms with Crippen molar-refractivity contribution in [2.75, 3.05) is 7.11 Å². The molecule has 0 aromatic carbocycles. The first kappa shape index (κ1) is 16.0. The molecular weight excluding hydrogens is 290 g/mol. The molecule has 1 unspecified atom stereocenters. The predicted molar refractivity (Wildman–Crippen MR) is 81.3 cm³/mol. The number of rotatable bonds is 6. The average Bonchev–Trinajstić information content (AvgIpc) is 2.91. The molecule has 1 saturated carbocycles. The third-order valence-electron chi connectivity index (χ3n) is 3.42. The zero-order chi connectivity index (χ0) is 15.2. The maximum Gasteiger partial charge on any atom is 0.251 e. The lowest BCUT2D eigenvalue weighted by Crippen LogP contribution is -2.37. The lowest BCUT2D eigenvalue weighted by Gasteiger charge is -2.16. The first-order valence-electron chi connectivity index (χ1n) is 7.14. The van der Waals surface area contributed by atoms with Gasteiger partial charge in [-0.15, -0.1) is 0 Å². The number of ether oxygens (including phenoxy) is 1. The summed E-state index contributed by atoms with van der Waals surface area (Å²) in [5.41, 5.74) is 0.329. The zero-order valence-electron chi connectivity index (χ0n) is 12.3. The van der Waals surface area contributed by atoms with Gasteiger partial charge >= 0.3 is 0 Å². The summed E-state index contributed by atoms with van der Waals surface area (Å²) in [6.07, 6.45) is 4.48. The average molecular weight is 311 g/mol. The van der Waals surface area contributed by atoms with Crippen LogP contribution < -0.4 is 10.9 Å². The van der Waals surface area contributed by atoms with E-state index in [0.29, 0.717) is 16.9 Å². The number of nitrogens with zero attached hydrogens (tertiary/aromatic N) is 1. The van der Waals surface area contributed by atoms with Gasteiger partial charge in [0.15, 0.2) is 5.16 Å². The van der Waals surface area contributed by atoms with Gasteiger partial charge in [-0.05, 0) is 19.8 Å². The van der Waals surface area contributed by atoms with E-state index >= 15 is 0 Å². The summed E-state index contributed by atoms with van der Waals surface area (Å²) < 4.78 is 4.98. The third kappa shape index (κ3) is 4.86. The number of nitrogens with one attached hydrogen (secondary N) is 2. The van der Waals surface area contributed by atoms with E-state index in [-0.39, 0.29) is 23.3 Å². The quantitative estimate of drug-likeness (QED) is 0.614. The molecule has 116 valence electrons. The van der Waals surface area contributed by atoms with Crippen LogP contribution in [0.4, 0.5) is 0 Å². The van der Waals surface area contributed by atoms with Crippen LogP contribution in [0.15, 0.2) is 16.0 Å². The molecule has 2 rings (SSSR count). The van der Waals surface area contributed by atoms with E-state index < -0.39 is 0 Å². The number of amides is 1. The molecule has 0 radical (unpaired) electrons. The zero-order valence-corrected chi connectivity index (χ0v) is 13.2. The summed E-state index contributed by atoms with van der Waals surface area (Å²) in [6, 6.07) is 1.70. The van der Waals surface area contributed by atoms with Gasteiger partial charge in [0.2, 0.25) is 5.91 Å². The van der Waals surface area contributed by atoms with Gasteiger partial charge in [-0.1, -0.05) is 24.6 Å². The Morgan fingerprint density at radius 1 is 1.57 bits per heavy atom. The predicted octanol–water partition coefficient (Wildman–Crippen LogP) is 1.46. The summed E-state index contributed by atoms with van der Waals surface area (Å²) in [7, 11) is 1.55. The van der Waals surface area contributed by atoms with Gasteiger partial charge in [0.25, 0.3) is 5.56 Å². The molecule has 0 bridgehead atoms. The summed E-state index contributed by atoms with van der Waals surface area (Å²) in [5, 5.41) is 3.20. The van der Waals surface area contributed by atoms with Crippen molar-refractivity contribution in [1.29, 1.82) is 0 Å².